The van der Waals surface area contributed by atoms with Crippen molar-refractivity contribution in [3.63, 3.8) is 0 Å². The number of aromatic nitrogens is 3. The van der Waals surface area contributed by atoms with Crippen LogP contribution in [0.4, 0.5) is 34.1 Å². The van der Waals surface area contributed by atoms with E-state index in [1.54, 1.807) is 0 Å². The molecule has 0 aliphatic heterocycles. The van der Waals surface area contributed by atoms with E-state index < -0.39 is 0 Å². The van der Waals surface area contributed by atoms with Crippen LogP contribution in [0.3, 0.4) is 0 Å². The van der Waals surface area contributed by atoms with Crippen molar-refractivity contribution >= 4 is 34.1 Å². The summed E-state index contributed by atoms with van der Waals surface area (Å²) in [7, 11) is 2.15. The predicted molar refractivity (Wildman–Crippen MR) is 232 cm³/mol. The summed E-state index contributed by atoms with van der Waals surface area (Å²) in [6.07, 6.45) is 7.38. The van der Waals surface area contributed by atoms with E-state index in [-0.39, 0.29) is 0 Å². The van der Waals surface area contributed by atoms with Gasteiger partial charge in [0, 0.05) is 88.5 Å². The van der Waals surface area contributed by atoms with Gasteiger partial charge in [-0.1, -0.05) is 109 Å². The molecular weight excluding hydrogens is 683 g/mol. The van der Waals surface area contributed by atoms with E-state index in [4.69, 9.17) is 0 Å². The SMILES string of the molecule is Cn1c(-c2cccc(N(c3ccncc3)c3ccc(-c4ccccc4)cc3)c2)ccc1-c1cccc(N(c2ccncc2)c2ccc(-c3ccccc3)cc2)c1. The highest BCUT2D eigenvalue weighted by Gasteiger charge is 2.18. The van der Waals surface area contributed by atoms with Crippen molar-refractivity contribution in [2.24, 2.45) is 7.05 Å². The Labute approximate surface area is 328 Å². The zero-order chi connectivity index (χ0) is 37.7. The molecule has 0 saturated carbocycles. The minimum atomic E-state index is 1.04. The second-order valence-corrected chi connectivity index (χ2v) is 13.7. The molecule has 3 aromatic heterocycles. The van der Waals surface area contributed by atoms with Gasteiger partial charge in [-0.05, 0) is 107 Å². The zero-order valence-corrected chi connectivity index (χ0v) is 31.0. The van der Waals surface area contributed by atoms with Gasteiger partial charge in [-0.3, -0.25) is 9.97 Å². The first kappa shape index (κ1) is 34.3. The monoisotopic (exact) mass is 721 g/mol. The Kier molecular flexibility index (Phi) is 9.47. The lowest BCUT2D eigenvalue weighted by Gasteiger charge is -2.26. The molecule has 0 fully saturated rings. The number of rotatable bonds is 10. The molecule has 5 nitrogen and oxygen atoms in total. The number of pyridine rings is 2. The quantitative estimate of drug-likeness (QED) is 0.141. The van der Waals surface area contributed by atoms with Crippen LogP contribution in [-0.4, -0.2) is 14.5 Å². The van der Waals surface area contributed by atoms with Crippen molar-refractivity contribution in [1.29, 1.82) is 0 Å². The first-order valence-corrected chi connectivity index (χ1v) is 18.8. The molecule has 0 saturated heterocycles. The van der Waals surface area contributed by atoms with Crippen molar-refractivity contribution in [2.75, 3.05) is 9.80 Å². The first-order chi connectivity index (χ1) is 27.7. The van der Waals surface area contributed by atoms with Crippen LogP contribution >= 0.6 is 0 Å². The maximum absolute atomic E-state index is 4.31. The molecule has 56 heavy (non-hydrogen) atoms. The molecule has 0 amide bonds. The smallest absolute Gasteiger partial charge is 0.0492 e. The summed E-state index contributed by atoms with van der Waals surface area (Å²) < 4.78 is 2.29. The summed E-state index contributed by atoms with van der Waals surface area (Å²) in [5.41, 5.74) is 15.6. The molecule has 0 radical (unpaired) electrons. The van der Waals surface area contributed by atoms with Gasteiger partial charge in [-0.25, -0.2) is 0 Å². The maximum atomic E-state index is 4.31. The molecule has 0 N–H and O–H groups in total. The van der Waals surface area contributed by atoms with Gasteiger partial charge < -0.3 is 14.4 Å². The minimum absolute atomic E-state index is 1.04. The third kappa shape index (κ3) is 6.97. The van der Waals surface area contributed by atoms with Crippen molar-refractivity contribution in [2.45, 2.75) is 0 Å². The topological polar surface area (TPSA) is 37.2 Å². The molecule has 0 unspecified atom stereocenters. The van der Waals surface area contributed by atoms with Gasteiger partial charge >= 0.3 is 0 Å². The first-order valence-electron chi connectivity index (χ1n) is 18.8. The van der Waals surface area contributed by atoms with Crippen LogP contribution < -0.4 is 9.80 Å². The van der Waals surface area contributed by atoms with Crippen LogP contribution in [0.5, 0.6) is 0 Å². The molecule has 9 aromatic rings. The van der Waals surface area contributed by atoms with Gasteiger partial charge in [0.2, 0.25) is 0 Å². The van der Waals surface area contributed by atoms with Crippen LogP contribution in [0.2, 0.25) is 0 Å². The molecule has 5 heteroatoms. The second kappa shape index (κ2) is 15.5. The van der Waals surface area contributed by atoms with Crippen LogP contribution in [0, 0.1) is 0 Å². The van der Waals surface area contributed by atoms with Gasteiger partial charge in [-0.15, -0.1) is 0 Å². The Bertz CT molecular complexity index is 2490. The fourth-order valence-electron chi connectivity index (χ4n) is 7.45. The van der Waals surface area contributed by atoms with E-state index in [1.165, 1.54) is 22.3 Å². The van der Waals surface area contributed by atoms with Gasteiger partial charge in [0.15, 0.2) is 0 Å². The number of nitrogens with zero attached hydrogens (tertiary/aromatic N) is 5. The standard InChI is InChI=1S/C51H39N5/c1-54-50(42-14-8-16-48(36-42)55(46-28-32-52-33-29-46)44-22-18-40(19-23-44)38-10-4-2-5-11-38)26-27-51(54)43-15-9-17-49(37-43)56(47-30-34-53-35-31-47)45-24-20-41(21-25-45)39-12-6-3-7-13-39/h2-37H,1H3. The van der Waals surface area contributed by atoms with Crippen molar-refractivity contribution in [3.8, 4) is 44.8 Å². The molecule has 0 spiro atoms. The average molecular weight is 722 g/mol. The molecule has 0 atom stereocenters. The Hall–Kier alpha value is -7.50. The zero-order valence-electron chi connectivity index (χ0n) is 31.0. The Morgan fingerprint density at radius 1 is 0.304 bits per heavy atom. The lowest BCUT2D eigenvalue weighted by atomic mass is 10.0. The summed E-state index contributed by atoms with van der Waals surface area (Å²) in [4.78, 5) is 13.2. The highest BCUT2D eigenvalue weighted by atomic mass is 15.1. The van der Waals surface area contributed by atoms with Crippen LogP contribution in [-0.2, 0) is 7.05 Å². The van der Waals surface area contributed by atoms with Gasteiger partial charge in [0.1, 0.15) is 0 Å². The van der Waals surface area contributed by atoms with Crippen molar-refractivity contribution in [1.82, 2.24) is 14.5 Å². The summed E-state index contributed by atoms with van der Waals surface area (Å²) in [6, 6.07) is 68.7. The highest BCUT2D eigenvalue weighted by Crippen LogP contribution is 2.40. The largest absolute Gasteiger partial charge is 0.344 e. The van der Waals surface area contributed by atoms with E-state index in [2.05, 4.69) is 213 Å². The molecule has 0 aliphatic rings. The Morgan fingerprint density at radius 2 is 0.643 bits per heavy atom. The third-order valence-corrected chi connectivity index (χ3v) is 10.2. The van der Waals surface area contributed by atoms with Crippen LogP contribution in [0.25, 0.3) is 44.8 Å². The molecule has 6 aromatic carbocycles. The number of hydrogen-bond acceptors (Lipinski definition) is 4. The van der Waals surface area contributed by atoms with Crippen molar-refractivity contribution < 1.29 is 0 Å². The lowest BCUT2D eigenvalue weighted by Crippen LogP contribution is -2.10. The summed E-state index contributed by atoms with van der Waals surface area (Å²) in [6.45, 7) is 0. The second-order valence-electron chi connectivity index (χ2n) is 13.7. The number of anilines is 6. The minimum Gasteiger partial charge on any atom is -0.344 e. The van der Waals surface area contributed by atoms with E-state index in [0.717, 1.165) is 56.6 Å². The fraction of sp³-hybridized carbons (Fsp3) is 0.0196. The molecular formula is C51H39N5. The summed E-state index contributed by atoms with van der Waals surface area (Å²) in [5.74, 6) is 0. The number of hydrogen-bond donors (Lipinski definition) is 0. The average Bonchev–Trinajstić information content (AvgIpc) is 3.67. The maximum Gasteiger partial charge on any atom is 0.0492 e. The molecule has 3 heterocycles. The third-order valence-electron chi connectivity index (χ3n) is 10.2. The molecule has 268 valence electrons. The molecule has 0 aliphatic carbocycles. The fourth-order valence-corrected chi connectivity index (χ4v) is 7.45. The van der Waals surface area contributed by atoms with Crippen molar-refractivity contribution in [3.05, 3.63) is 219 Å². The van der Waals surface area contributed by atoms with E-state index in [0.29, 0.717) is 0 Å². The highest BCUT2D eigenvalue weighted by molar-refractivity contribution is 5.83. The van der Waals surface area contributed by atoms with E-state index >= 15 is 0 Å². The van der Waals surface area contributed by atoms with Gasteiger partial charge in [0.25, 0.3) is 0 Å². The molecule has 9 rings (SSSR count). The van der Waals surface area contributed by atoms with Crippen LogP contribution in [0.15, 0.2) is 219 Å². The molecule has 0 bridgehead atoms. The van der Waals surface area contributed by atoms with Gasteiger partial charge in [-0.2, -0.15) is 0 Å². The Morgan fingerprint density at radius 3 is 1.04 bits per heavy atom. The Balaban J connectivity index is 1.05. The summed E-state index contributed by atoms with van der Waals surface area (Å²) >= 11 is 0. The number of benzene rings is 6. The van der Waals surface area contributed by atoms with E-state index in [1.807, 2.05) is 36.9 Å². The predicted octanol–water partition coefficient (Wildman–Crippen LogP) is 13.4. The van der Waals surface area contributed by atoms with Gasteiger partial charge in [0.05, 0.1) is 0 Å². The lowest BCUT2D eigenvalue weighted by molar-refractivity contribution is 0.946. The summed E-state index contributed by atoms with van der Waals surface area (Å²) in [5, 5.41) is 0. The van der Waals surface area contributed by atoms with Crippen LogP contribution in [0.1, 0.15) is 0 Å². The normalized spacial score (nSPS) is 10.9. The van der Waals surface area contributed by atoms with E-state index in [9.17, 15) is 0 Å².